The Labute approximate surface area is 181 Å². The second-order valence-electron chi connectivity index (χ2n) is 7.33. The Bertz CT molecular complexity index is 1330. The van der Waals surface area contributed by atoms with Gasteiger partial charge in [0.1, 0.15) is 5.78 Å². The van der Waals surface area contributed by atoms with Crippen molar-refractivity contribution in [1.29, 1.82) is 0 Å². The number of sulfone groups is 1. The van der Waals surface area contributed by atoms with Gasteiger partial charge in [-0.15, -0.1) is 0 Å². The summed E-state index contributed by atoms with van der Waals surface area (Å²) in [6.07, 6.45) is 4.14. The summed E-state index contributed by atoms with van der Waals surface area (Å²) in [4.78, 5) is 12.7. The van der Waals surface area contributed by atoms with Crippen molar-refractivity contribution in [2.75, 3.05) is 5.75 Å². The predicted octanol–water partition coefficient (Wildman–Crippen LogP) is 4.71. The van der Waals surface area contributed by atoms with Crippen LogP contribution in [0.5, 0.6) is 0 Å². The molecule has 0 aliphatic carbocycles. The monoisotopic (exact) mass is 430 g/mol. The third kappa shape index (κ3) is 5.16. The molecule has 0 radical (unpaired) electrons. The molecule has 0 spiro atoms. The van der Waals surface area contributed by atoms with E-state index in [2.05, 4.69) is 10.2 Å². The van der Waals surface area contributed by atoms with Gasteiger partial charge in [0.05, 0.1) is 21.9 Å². The van der Waals surface area contributed by atoms with Gasteiger partial charge >= 0.3 is 0 Å². The van der Waals surface area contributed by atoms with Gasteiger partial charge in [-0.05, 0) is 41.5 Å². The quantitative estimate of drug-likeness (QED) is 0.439. The predicted molar refractivity (Wildman–Crippen MR) is 123 cm³/mol. The Morgan fingerprint density at radius 1 is 0.903 bits per heavy atom. The van der Waals surface area contributed by atoms with Crippen molar-refractivity contribution in [2.24, 2.45) is 0 Å². The van der Waals surface area contributed by atoms with E-state index < -0.39 is 9.84 Å². The summed E-state index contributed by atoms with van der Waals surface area (Å²) in [6.45, 7) is 0. The Hall–Kier alpha value is -3.51. The Kier molecular flexibility index (Phi) is 6.09. The number of aromatic nitrogens is 2. The molecule has 1 aromatic heterocycles. The zero-order valence-corrected chi connectivity index (χ0v) is 17.7. The first kappa shape index (κ1) is 20.8. The Morgan fingerprint density at radius 2 is 1.61 bits per heavy atom. The highest BCUT2D eigenvalue weighted by atomic mass is 32.2. The third-order valence-corrected chi connectivity index (χ3v) is 6.78. The minimum atomic E-state index is -3.46. The van der Waals surface area contributed by atoms with Crippen molar-refractivity contribution in [3.8, 4) is 0 Å². The molecule has 0 saturated carbocycles. The van der Waals surface area contributed by atoms with Gasteiger partial charge in [0.25, 0.3) is 0 Å². The van der Waals surface area contributed by atoms with Crippen molar-refractivity contribution in [2.45, 2.75) is 17.7 Å². The zero-order chi connectivity index (χ0) is 21.7. The number of nitrogens with one attached hydrogen (secondary N) is 1. The number of aromatic amines is 1. The van der Waals surface area contributed by atoms with Crippen LogP contribution in [0.2, 0.25) is 0 Å². The number of hydrogen-bond donors (Lipinski definition) is 1. The van der Waals surface area contributed by atoms with Gasteiger partial charge in [-0.2, -0.15) is 5.10 Å². The van der Waals surface area contributed by atoms with Crippen LogP contribution in [0.1, 0.15) is 23.2 Å². The summed E-state index contributed by atoms with van der Waals surface area (Å²) < 4.78 is 24.8. The van der Waals surface area contributed by atoms with E-state index >= 15 is 0 Å². The lowest BCUT2D eigenvalue weighted by molar-refractivity contribution is -0.118. The molecule has 3 aromatic carbocycles. The van der Waals surface area contributed by atoms with Gasteiger partial charge in [-0.3, -0.25) is 9.89 Å². The Balaban J connectivity index is 1.45. The largest absolute Gasteiger partial charge is 0.299 e. The highest BCUT2D eigenvalue weighted by Gasteiger charge is 2.16. The number of carbonyl (C=O) groups is 1. The molecule has 0 bridgehead atoms. The molecule has 0 amide bonds. The number of rotatable bonds is 8. The van der Waals surface area contributed by atoms with Crippen LogP contribution in [0.3, 0.4) is 0 Å². The average molecular weight is 431 g/mol. The maximum Gasteiger partial charge on any atom is 0.178 e. The summed E-state index contributed by atoms with van der Waals surface area (Å²) in [5, 5.41) is 8.26. The van der Waals surface area contributed by atoms with E-state index in [0.29, 0.717) is 0 Å². The van der Waals surface area contributed by atoms with Crippen molar-refractivity contribution < 1.29 is 13.2 Å². The molecular formula is C25H22N2O3S. The van der Waals surface area contributed by atoms with Crippen molar-refractivity contribution >= 4 is 38.7 Å². The number of H-pyrrole nitrogens is 1. The van der Waals surface area contributed by atoms with Gasteiger partial charge in [-0.25, -0.2) is 8.42 Å². The SMILES string of the molecule is O=C(CCS(=O)(=O)c1ccccc1)Cc1ccc2n[nH]c(/C=C/c3ccccc3)c2c1. The van der Waals surface area contributed by atoms with E-state index in [4.69, 9.17) is 0 Å². The number of Topliss-reactive ketones (excluding diaryl/α,β-unsaturated/α-hetero) is 1. The number of ketones is 1. The summed E-state index contributed by atoms with van der Waals surface area (Å²) >= 11 is 0. The minimum absolute atomic E-state index is 0.0125. The van der Waals surface area contributed by atoms with E-state index in [1.54, 1.807) is 30.3 Å². The standard InChI is InChI=1S/C25H22N2O3S/c28-21(15-16-31(29,30)22-9-5-2-6-10-22)17-20-12-14-25-23(18-20)24(26-27-25)13-11-19-7-3-1-4-8-19/h1-14,18H,15-17H2,(H,26,27)/b13-11+. The van der Waals surface area contributed by atoms with Crippen LogP contribution in [-0.2, 0) is 21.1 Å². The van der Waals surface area contributed by atoms with Crippen LogP contribution in [0.25, 0.3) is 23.1 Å². The summed E-state index contributed by atoms with van der Waals surface area (Å²) in [5.74, 6) is -0.293. The lowest BCUT2D eigenvalue weighted by atomic mass is 10.0. The highest BCUT2D eigenvalue weighted by Crippen LogP contribution is 2.21. The van der Waals surface area contributed by atoms with Crippen LogP contribution >= 0.6 is 0 Å². The lowest BCUT2D eigenvalue weighted by Gasteiger charge is -2.05. The molecule has 5 nitrogen and oxygen atoms in total. The Morgan fingerprint density at radius 3 is 2.35 bits per heavy atom. The smallest absolute Gasteiger partial charge is 0.178 e. The maximum absolute atomic E-state index is 12.5. The second-order valence-corrected chi connectivity index (χ2v) is 9.44. The van der Waals surface area contributed by atoms with Crippen LogP contribution in [0, 0.1) is 0 Å². The van der Waals surface area contributed by atoms with Gasteiger partial charge in [-0.1, -0.05) is 60.7 Å². The fourth-order valence-electron chi connectivity index (χ4n) is 3.37. The first-order valence-electron chi connectivity index (χ1n) is 10.0. The van der Waals surface area contributed by atoms with E-state index in [0.717, 1.165) is 27.7 Å². The van der Waals surface area contributed by atoms with Crippen molar-refractivity contribution in [3.05, 3.63) is 95.7 Å². The van der Waals surface area contributed by atoms with E-state index in [9.17, 15) is 13.2 Å². The van der Waals surface area contributed by atoms with Crippen LogP contribution in [0.15, 0.2) is 83.8 Å². The fourth-order valence-corrected chi connectivity index (χ4v) is 4.67. The molecule has 0 fully saturated rings. The molecule has 0 aliphatic rings. The van der Waals surface area contributed by atoms with Crippen LogP contribution < -0.4 is 0 Å². The molecule has 4 rings (SSSR count). The van der Waals surface area contributed by atoms with E-state index in [1.165, 1.54) is 0 Å². The normalized spacial score (nSPS) is 11.9. The molecule has 6 heteroatoms. The molecule has 1 N–H and O–H groups in total. The van der Waals surface area contributed by atoms with Crippen molar-refractivity contribution in [3.63, 3.8) is 0 Å². The number of benzene rings is 3. The van der Waals surface area contributed by atoms with Crippen LogP contribution in [-0.4, -0.2) is 30.2 Å². The highest BCUT2D eigenvalue weighted by molar-refractivity contribution is 7.91. The summed E-state index contributed by atoms with van der Waals surface area (Å²) in [6, 6.07) is 23.9. The number of carbonyl (C=O) groups excluding carboxylic acids is 1. The lowest BCUT2D eigenvalue weighted by Crippen LogP contribution is -2.13. The molecule has 0 atom stereocenters. The number of fused-ring (bicyclic) bond motifs is 1. The summed E-state index contributed by atoms with van der Waals surface area (Å²) in [5.41, 5.74) is 3.59. The average Bonchev–Trinajstić information content (AvgIpc) is 3.20. The van der Waals surface area contributed by atoms with E-state index in [1.807, 2.05) is 60.7 Å². The van der Waals surface area contributed by atoms with Gasteiger partial charge < -0.3 is 0 Å². The maximum atomic E-state index is 12.5. The molecule has 31 heavy (non-hydrogen) atoms. The fraction of sp³-hybridized carbons (Fsp3) is 0.120. The van der Waals surface area contributed by atoms with Gasteiger partial charge in [0.15, 0.2) is 9.84 Å². The van der Waals surface area contributed by atoms with Crippen molar-refractivity contribution in [1.82, 2.24) is 10.2 Å². The van der Waals surface area contributed by atoms with E-state index in [-0.39, 0.29) is 29.3 Å². The molecular weight excluding hydrogens is 408 g/mol. The minimum Gasteiger partial charge on any atom is -0.299 e. The second kappa shape index (κ2) is 9.10. The zero-order valence-electron chi connectivity index (χ0n) is 16.9. The topological polar surface area (TPSA) is 79.9 Å². The first-order valence-corrected chi connectivity index (χ1v) is 11.7. The number of hydrogen-bond acceptors (Lipinski definition) is 4. The molecule has 0 aliphatic heterocycles. The first-order chi connectivity index (χ1) is 15.0. The van der Waals surface area contributed by atoms with Gasteiger partial charge in [0, 0.05) is 18.2 Å². The molecule has 1 heterocycles. The summed E-state index contributed by atoms with van der Waals surface area (Å²) in [7, 11) is -3.46. The molecule has 4 aromatic rings. The number of nitrogens with zero attached hydrogens (tertiary/aromatic N) is 1. The van der Waals surface area contributed by atoms with Crippen LogP contribution in [0.4, 0.5) is 0 Å². The molecule has 0 saturated heterocycles. The van der Waals surface area contributed by atoms with Gasteiger partial charge in [0.2, 0.25) is 0 Å². The molecule has 156 valence electrons. The molecule has 0 unspecified atom stereocenters. The third-order valence-electron chi connectivity index (χ3n) is 5.04.